The van der Waals surface area contributed by atoms with Gasteiger partial charge in [-0.1, -0.05) is 20.3 Å². The number of nitrogens with zero attached hydrogens (tertiary/aromatic N) is 1. The Labute approximate surface area is 143 Å². The van der Waals surface area contributed by atoms with Gasteiger partial charge in [0.1, 0.15) is 5.78 Å². The molecule has 0 spiro atoms. The fourth-order valence-corrected chi connectivity index (χ4v) is 3.00. The van der Waals surface area contributed by atoms with Crippen molar-refractivity contribution in [2.24, 2.45) is 5.92 Å². The maximum atomic E-state index is 11.9. The third kappa shape index (κ3) is 7.04. The van der Waals surface area contributed by atoms with E-state index in [0.29, 0.717) is 18.9 Å². The topological polar surface area (TPSA) is 63.7 Å². The molecule has 132 valence electrons. The lowest BCUT2D eigenvalue weighted by atomic mass is 10.1. The molecular formula is C17H29NO4S. The minimum atomic E-state index is -0.264. The fraction of sp³-hybridized carbons (Fsp3) is 0.824. The lowest BCUT2D eigenvalue weighted by Gasteiger charge is -2.13. The molecule has 0 aromatic rings. The van der Waals surface area contributed by atoms with Crippen LogP contribution in [-0.4, -0.2) is 53.8 Å². The van der Waals surface area contributed by atoms with Crippen LogP contribution in [0.3, 0.4) is 0 Å². The highest BCUT2D eigenvalue weighted by molar-refractivity contribution is 8.00. The number of amides is 2. The molecule has 1 fully saturated rings. The zero-order valence-corrected chi connectivity index (χ0v) is 15.3. The molecule has 0 bridgehead atoms. The van der Waals surface area contributed by atoms with Crippen molar-refractivity contribution in [3.05, 3.63) is 0 Å². The summed E-state index contributed by atoms with van der Waals surface area (Å²) in [4.78, 5) is 36.8. The number of ketones is 1. The Kier molecular flexibility index (Phi) is 9.48. The third-order valence-electron chi connectivity index (χ3n) is 4.19. The van der Waals surface area contributed by atoms with E-state index in [0.717, 1.165) is 25.9 Å². The predicted molar refractivity (Wildman–Crippen MR) is 92.4 cm³/mol. The monoisotopic (exact) mass is 343 g/mol. The summed E-state index contributed by atoms with van der Waals surface area (Å²) in [5, 5.41) is -0.264. The number of Topliss-reactive ketones (excluding diaryl/α,β-unsaturated/α-hetero) is 1. The first-order valence-electron chi connectivity index (χ1n) is 8.46. The van der Waals surface area contributed by atoms with E-state index >= 15 is 0 Å². The van der Waals surface area contributed by atoms with Gasteiger partial charge in [0.15, 0.2) is 0 Å². The molecule has 0 aliphatic carbocycles. The van der Waals surface area contributed by atoms with Gasteiger partial charge in [-0.05, 0) is 25.0 Å². The van der Waals surface area contributed by atoms with Crippen molar-refractivity contribution in [1.29, 1.82) is 0 Å². The van der Waals surface area contributed by atoms with Crippen molar-refractivity contribution < 1.29 is 19.1 Å². The molecule has 2 amide bonds. The normalized spacial score (nSPS) is 19.4. The van der Waals surface area contributed by atoms with E-state index < -0.39 is 0 Å². The molecule has 1 aliphatic heterocycles. The zero-order valence-electron chi connectivity index (χ0n) is 14.5. The van der Waals surface area contributed by atoms with Gasteiger partial charge in [0.25, 0.3) is 0 Å². The average Bonchev–Trinajstić information content (AvgIpc) is 2.82. The molecule has 2 atom stereocenters. The van der Waals surface area contributed by atoms with Crippen molar-refractivity contribution in [3.8, 4) is 0 Å². The molecule has 0 aromatic heterocycles. The Morgan fingerprint density at radius 3 is 2.70 bits per heavy atom. The van der Waals surface area contributed by atoms with E-state index in [9.17, 15) is 14.4 Å². The van der Waals surface area contributed by atoms with Crippen LogP contribution < -0.4 is 0 Å². The van der Waals surface area contributed by atoms with Crippen molar-refractivity contribution in [1.82, 2.24) is 4.90 Å². The van der Waals surface area contributed by atoms with Crippen LogP contribution >= 0.6 is 11.8 Å². The molecule has 23 heavy (non-hydrogen) atoms. The zero-order chi connectivity index (χ0) is 17.2. The lowest BCUT2D eigenvalue weighted by molar-refractivity contribution is -0.138. The Balaban J connectivity index is 2.11. The molecular weight excluding hydrogens is 314 g/mol. The van der Waals surface area contributed by atoms with Gasteiger partial charge in [-0.15, -0.1) is 0 Å². The smallest absolute Gasteiger partial charge is 0.242 e. The Bertz CT molecular complexity index is 413. The SMILES string of the molecule is CCC(C)COCCCCC(=O)CCN1C(=O)CC(SC)C1=O. The highest BCUT2D eigenvalue weighted by Crippen LogP contribution is 2.23. The summed E-state index contributed by atoms with van der Waals surface area (Å²) in [5.74, 6) is 0.395. The number of rotatable bonds is 12. The van der Waals surface area contributed by atoms with E-state index in [1.165, 1.54) is 16.7 Å². The van der Waals surface area contributed by atoms with Gasteiger partial charge in [0.2, 0.25) is 11.8 Å². The highest BCUT2D eigenvalue weighted by Gasteiger charge is 2.37. The average molecular weight is 343 g/mol. The second-order valence-electron chi connectivity index (χ2n) is 6.15. The minimum absolute atomic E-state index is 0.111. The Morgan fingerprint density at radius 1 is 1.35 bits per heavy atom. The van der Waals surface area contributed by atoms with E-state index in [2.05, 4.69) is 13.8 Å². The number of carbonyl (C=O) groups excluding carboxylic acids is 3. The molecule has 1 rings (SSSR count). The number of thioether (sulfide) groups is 1. The minimum Gasteiger partial charge on any atom is -0.381 e. The largest absolute Gasteiger partial charge is 0.381 e. The third-order valence-corrected chi connectivity index (χ3v) is 5.13. The number of likely N-dealkylation sites (tertiary alicyclic amines) is 1. The van der Waals surface area contributed by atoms with Crippen LogP contribution in [0.15, 0.2) is 0 Å². The summed E-state index contributed by atoms with van der Waals surface area (Å²) in [6.07, 6.45) is 5.65. The maximum absolute atomic E-state index is 11.9. The fourth-order valence-electron chi connectivity index (χ4n) is 2.36. The molecule has 1 aliphatic rings. The van der Waals surface area contributed by atoms with Crippen LogP contribution in [0.5, 0.6) is 0 Å². The molecule has 5 nitrogen and oxygen atoms in total. The second kappa shape index (κ2) is 10.8. The van der Waals surface area contributed by atoms with Gasteiger partial charge in [-0.2, -0.15) is 11.8 Å². The number of hydrogen-bond acceptors (Lipinski definition) is 5. The molecule has 0 N–H and O–H groups in total. The van der Waals surface area contributed by atoms with Gasteiger partial charge >= 0.3 is 0 Å². The number of ether oxygens (including phenoxy) is 1. The quantitative estimate of drug-likeness (QED) is 0.403. The Morgan fingerprint density at radius 2 is 2.09 bits per heavy atom. The number of carbonyl (C=O) groups is 3. The van der Waals surface area contributed by atoms with E-state index in [4.69, 9.17) is 4.74 Å². The van der Waals surface area contributed by atoms with Crippen LogP contribution in [0.4, 0.5) is 0 Å². The van der Waals surface area contributed by atoms with Crippen LogP contribution in [0.2, 0.25) is 0 Å². The van der Waals surface area contributed by atoms with Crippen molar-refractivity contribution >= 4 is 29.4 Å². The summed E-state index contributed by atoms with van der Waals surface area (Å²) in [5.41, 5.74) is 0. The highest BCUT2D eigenvalue weighted by atomic mass is 32.2. The second-order valence-corrected chi connectivity index (χ2v) is 7.19. The van der Waals surface area contributed by atoms with Crippen LogP contribution in [0.25, 0.3) is 0 Å². The van der Waals surface area contributed by atoms with Crippen molar-refractivity contribution in [2.45, 2.75) is 57.6 Å². The first kappa shape index (κ1) is 20.2. The van der Waals surface area contributed by atoms with Crippen LogP contribution in [0.1, 0.15) is 52.4 Å². The number of hydrogen-bond donors (Lipinski definition) is 0. The predicted octanol–water partition coefficient (Wildman–Crippen LogP) is 2.67. The number of imide groups is 1. The molecule has 0 aromatic carbocycles. The summed E-state index contributed by atoms with van der Waals surface area (Å²) in [6, 6.07) is 0. The first-order chi connectivity index (χ1) is 11.0. The van der Waals surface area contributed by atoms with Crippen LogP contribution in [-0.2, 0) is 19.1 Å². The van der Waals surface area contributed by atoms with Crippen LogP contribution in [0, 0.1) is 5.92 Å². The molecule has 6 heteroatoms. The number of unbranched alkanes of at least 4 members (excludes halogenated alkanes) is 1. The van der Waals surface area contributed by atoms with Gasteiger partial charge < -0.3 is 4.74 Å². The van der Waals surface area contributed by atoms with Gasteiger partial charge in [0.05, 0.1) is 5.25 Å². The first-order valence-corrected chi connectivity index (χ1v) is 9.74. The molecule has 0 radical (unpaired) electrons. The summed E-state index contributed by atoms with van der Waals surface area (Å²) >= 11 is 1.40. The molecule has 2 unspecified atom stereocenters. The lowest BCUT2D eigenvalue weighted by Crippen LogP contribution is -2.33. The van der Waals surface area contributed by atoms with E-state index in [1.807, 2.05) is 6.26 Å². The van der Waals surface area contributed by atoms with E-state index in [1.54, 1.807) is 0 Å². The summed E-state index contributed by atoms with van der Waals surface area (Å²) in [6.45, 7) is 6.00. The van der Waals surface area contributed by atoms with E-state index in [-0.39, 0.29) is 42.2 Å². The standard InChI is InChI=1S/C17H29NO4S/c1-4-13(2)12-22-10-6-5-7-14(19)8-9-18-16(20)11-15(23-3)17(18)21/h13,15H,4-12H2,1-3H3. The summed E-state index contributed by atoms with van der Waals surface area (Å²) in [7, 11) is 0. The van der Waals surface area contributed by atoms with Gasteiger partial charge in [-0.25, -0.2) is 0 Å². The van der Waals surface area contributed by atoms with Crippen molar-refractivity contribution in [2.75, 3.05) is 26.0 Å². The van der Waals surface area contributed by atoms with Gasteiger partial charge in [-0.3, -0.25) is 19.3 Å². The Hall–Kier alpha value is -0.880. The molecule has 1 heterocycles. The van der Waals surface area contributed by atoms with Gasteiger partial charge in [0, 0.05) is 39.0 Å². The maximum Gasteiger partial charge on any atom is 0.242 e. The molecule has 0 saturated carbocycles. The summed E-state index contributed by atoms with van der Waals surface area (Å²) < 4.78 is 5.55. The molecule has 1 saturated heterocycles. The van der Waals surface area contributed by atoms with Crippen molar-refractivity contribution in [3.63, 3.8) is 0 Å².